The fraction of sp³-hybridized carbons (Fsp3) is 1.00. The Bertz CT molecular complexity index is 3.61. The second-order valence-corrected chi connectivity index (χ2v) is 1.22. The molecule has 34 valence electrons. The second kappa shape index (κ2) is 26.8. The summed E-state index contributed by atoms with van der Waals surface area (Å²) in [6.45, 7) is 4.00. The van der Waals surface area contributed by atoms with E-state index < -0.39 is 0 Å². The van der Waals surface area contributed by atoms with Gasteiger partial charge in [-0.3, -0.25) is 0 Å². The zero-order valence-corrected chi connectivity index (χ0v) is 5.22. The maximum Gasteiger partial charge on any atom is -0.0187 e. The monoisotopic (exact) mass is 92.1 g/mol. The van der Waals surface area contributed by atoms with Gasteiger partial charge in [-0.05, 0) is 12.5 Å². The van der Waals surface area contributed by atoms with Gasteiger partial charge in [0.1, 0.15) is 0 Å². The van der Waals surface area contributed by atoms with Crippen molar-refractivity contribution in [1.82, 2.24) is 0 Å². The molecule has 0 rings (SSSR count). The lowest BCUT2D eigenvalue weighted by molar-refractivity contribution is 1.50. The first kappa shape index (κ1) is 9.02. The lowest BCUT2D eigenvalue weighted by Gasteiger charge is -1.51. The summed E-state index contributed by atoms with van der Waals surface area (Å²) in [7, 11) is 0. The standard InChI is InChI=1S/C2H6S.C2H6/c1-3-2;1-2/h1-2H3;1-2H3. The Hall–Kier alpha value is 0.350. The largest absolute Gasteiger partial charge is 0.169 e. The van der Waals surface area contributed by atoms with Gasteiger partial charge in [-0.25, -0.2) is 0 Å². The van der Waals surface area contributed by atoms with E-state index in [1.54, 1.807) is 11.8 Å². The molecule has 0 aromatic rings. The minimum absolute atomic E-state index is 1.75. The van der Waals surface area contributed by atoms with Crippen LogP contribution in [0, 0.1) is 0 Å². The van der Waals surface area contributed by atoms with Gasteiger partial charge in [-0.15, -0.1) is 0 Å². The summed E-state index contributed by atoms with van der Waals surface area (Å²) in [5.74, 6) is 0. The molecule has 0 saturated heterocycles. The predicted molar refractivity (Wildman–Crippen MR) is 30.8 cm³/mol. The van der Waals surface area contributed by atoms with Crippen LogP contribution in [0.15, 0.2) is 0 Å². The molecule has 0 atom stereocenters. The van der Waals surface area contributed by atoms with Gasteiger partial charge in [0.2, 0.25) is 0 Å². The topological polar surface area (TPSA) is 0 Å². The highest BCUT2D eigenvalue weighted by atomic mass is 32.2. The molecule has 0 amide bonds. The molecule has 0 aromatic heterocycles. The maximum atomic E-state index is 2.04. The van der Waals surface area contributed by atoms with Crippen molar-refractivity contribution in [1.29, 1.82) is 0 Å². The van der Waals surface area contributed by atoms with E-state index in [1.165, 1.54) is 0 Å². The fourth-order valence-electron chi connectivity index (χ4n) is 0. The molecular formula is C4H12S. The molecule has 0 aliphatic rings. The molecule has 0 bridgehead atoms. The quantitative estimate of drug-likeness (QED) is 0.440. The Balaban J connectivity index is 0. The highest BCUT2D eigenvalue weighted by Crippen LogP contribution is 1.70. The van der Waals surface area contributed by atoms with Crippen molar-refractivity contribution in [3.8, 4) is 0 Å². The van der Waals surface area contributed by atoms with Gasteiger partial charge in [0.15, 0.2) is 0 Å². The number of hydrogen-bond acceptors (Lipinski definition) is 1. The average molecular weight is 92.2 g/mol. The van der Waals surface area contributed by atoms with Gasteiger partial charge in [0.25, 0.3) is 0 Å². The molecule has 0 saturated carbocycles. The highest BCUT2D eigenvalue weighted by Gasteiger charge is 1.32. The van der Waals surface area contributed by atoms with Crippen LogP contribution in [-0.4, -0.2) is 12.5 Å². The summed E-state index contributed by atoms with van der Waals surface area (Å²) >= 11 is 1.75. The van der Waals surface area contributed by atoms with Gasteiger partial charge in [0.05, 0.1) is 0 Å². The molecule has 0 fully saturated rings. The molecule has 0 aromatic carbocycles. The number of rotatable bonds is 0. The maximum absolute atomic E-state index is 2.04. The molecule has 0 aliphatic heterocycles. The van der Waals surface area contributed by atoms with E-state index in [4.69, 9.17) is 0 Å². The van der Waals surface area contributed by atoms with E-state index in [0.717, 1.165) is 0 Å². The first-order valence-corrected chi connectivity index (χ1v) is 3.45. The number of hydrogen-bond donors (Lipinski definition) is 0. The summed E-state index contributed by atoms with van der Waals surface area (Å²) in [6, 6.07) is 0. The molecule has 0 nitrogen and oxygen atoms in total. The Morgan fingerprint density at radius 3 is 1.00 bits per heavy atom. The van der Waals surface area contributed by atoms with E-state index in [2.05, 4.69) is 0 Å². The van der Waals surface area contributed by atoms with E-state index in [0.29, 0.717) is 0 Å². The van der Waals surface area contributed by atoms with Crippen LogP contribution in [0.3, 0.4) is 0 Å². The molecule has 0 heterocycles. The average Bonchev–Trinajstić information content (AvgIpc) is 1.46. The van der Waals surface area contributed by atoms with Gasteiger partial charge < -0.3 is 0 Å². The minimum Gasteiger partial charge on any atom is -0.169 e. The third kappa shape index (κ3) is 196. The van der Waals surface area contributed by atoms with Crippen LogP contribution in [0.25, 0.3) is 0 Å². The van der Waals surface area contributed by atoms with Crippen molar-refractivity contribution in [2.24, 2.45) is 0 Å². The molecule has 0 unspecified atom stereocenters. The summed E-state index contributed by atoms with van der Waals surface area (Å²) in [5, 5.41) is 0. The van der Waals surface area contributed by atoms with Gasteiger partial charge in [0, 0.05) is 0 Å². The lowest BCUT2D eigenvalue weighted by atomic mass is 11.0. The minimum atomic E-state index is 1.75. The van der Waals surface area contributed by atoms with Crippen LogP contribution in [0.2, 0.25) is 0 Å². The molecule has 0 radical (unpaired) electrons. The van der Waals surface area contributed by atoms with Crippen molar-refractivity contribution in [3.63, 3.8) is 0 Å². The summed E-state index contributed by atoms with van der Waals surface area (Å²) < 4.78 is 0. The SMILES string of the molecule is CC.CSC. The molecule has 5 heavy (non-hydrogen) atoms. The number of thioether (sulfide) groups is 1. The van der Waals surface area contributed by atoms with Crippen molar-refractivity contribution >= 4 is 11.8 Å². The molecular weight excluding hydrogens is 80.1 g/mol. The highest BCUT2D eigenvalue weighted by molar-refractivity contribution is 7.97. The molecule has 0 aliphatic carbocycles. The van der Waals surface area contributed by atoms with Crippen LogP contribution in [0.5, 0.6) is 0 Å². The third-order valence-electron chi connectivity index (χ3n) is 0. The van der Waals surface area contributed by atoms with Crippen LogP contribution < -0.4 is 0 Å². The van der Waals surface area contributed by atoms with Crippen molar-refractivity contribution < 1.29 is 0 Å². The molecule has 0 spiro atoms. The molecule has 0 N–H and O–H groups in total. The van der Waals surface area contributed by atoms with Crippen LogP contribution in [0.1, 0.15) is 13.8 Å². The van der Waals surface area contributed by atoms with E-state index in [-0.39, 0.29) is 0 Å². The van der Waals surface area contributed by atoms with Crippen molar-refractivity contribution in [3.05, 3.63) is 0 Å². The van der Waals surface area contributed by atoms with E-state index in [9.17, 15) is 0 Å². The Morgan fingerprint density at radius 1 is 1.00 bits per heavy atom. The van der Waals surface area contributed by atoms with Gasteiger partial charge >= 0.3 is 0 Å². The fourth-order valence-corrected chi connectivity index (χ4v) is 0. The summed E-state index contributed by atoms with van der Waals surface area (Å²) in [6.07, 6.45) is 4.08. The molecule has 1 heteroatoms. The van der Waals surface area contributed by atoms with E-state index in [1.807, 2.05) is 26.4 Å². The van der Waals surface area contributed by atoms with Crippen LogP contribution >= 0.6 is 11.8 Å². The lowest BCUT2D eigenvalue weighted by Crippen LogP contribution is -1.25. The van der Waals surface area contributed by atoms with Gasteiger partial charge in [-0.1, -0.05) is 13.8 Å². The van der Waals surface area contributed by atoms with E-state index >= 15 is 0 Å². The normalized spacial score (nSPS) is 4.80. The second-order valence-electron chi connectivity index (χ2n) is 0.408. The van der Waals surface area contributed by atoms with Crippen molar-refractivity contribution in [2.45, 2.75) is 13.8 Å². The zero-order valence-electron chi connectivity index (χ0n) is 4.41. The van der Waals surface area contributed by atoms with Gasteiger partial charge in [-0.2, -0.15) is 11.8 Å². The zero-order chi connectivity index (χ0) is 4.71. The summed E-state index contributed by atoms with van der Waals surface area (Å²) in [4.78, 5) is 0. The van der Waals surface area contributed by atoms with Crippen LogP contribution in [-0.2, 0) is 0 Å². The smallest absolute Gasteiger partial charge is 0.0187 e. The predicted octanol–water partition coefficient (Wildman–Crippen LogP) is 2.01. The van der Waals surface area contributed by atoms with Crippen molar-refractivity contribution in [2.75, 3.05) is 12.5 Å². The first-order chi connectivity index (χ1) is 2.41. The Labute approximate surface area is 39.0 Å². The third-order valence-corrected chi connectivity index (χ3v) is 0. The van der Waals surface area contributed by atoms with Crippen LogP contribution in [0.4, 0.5) is 0 Å². The summed E-state index contributed by atoms with van der Waals surface area (Å²) in [5.41, 5.74) is 0. The first-order valence-electron chi connectivity index (χ1n) is 1.82. The Kier molecular flexibility index (Phi) is 48.3. The Morgan fingerprint density at radius 2 is 1.00 bits per heavy atom.